The van der Waals surface area contributed by atoms with Crippen LogP contribution in [0.3, 0.4) is 0 Å². The molecule has 2 aliphatic carbocycles. The van der Waals surface area contributed by atoms with Gasteiger partial charge < -0.3 is 10.2 Å². The summed E-state index contributed by atoms with van der Waals surface area (Å²) in [6, 6.07) is 22.6. The lowest BCUT2D eigenvalue weighted by atomic mass is 9.48. The highest BCUT2D eigenvalue weighted by molar-refractivity contribution is 6.33. The van der Waals surface area contributed by atoms with Gasteiger partial charge in [-0.05, 0) is 77.6 Å². The zero-order chi connectivity index (χ0) is 41.7. The number of alkyl halides is 3. The molecule has 0 spiro atoms. The first-order chi connectivity index (χ1) is 28.1. The molecule has 5 aromatic rings. The molecule has 298 valence electrons. The van der Waals surface area contributed by atoms with E-state index in [0.717, 1.165) is 4.90 Å². The second-order valence-corrected chi connectivity index (χ2v) is 15.8. The number of carbonyl (C=O) groups is 5. The lowest BCUT2D eigenvalue weighted by molar-refractivity contribution is -0.139. The van der Waals surface area contributed by atoms with Crippen molar-refractivity contribution in [1.82, 2.24) is 9.99 Å². The number of hydrazine groups is 1. The molecule has 3 fully saturated rings. The molecule has 3 heterocycles. The van der Waals surface area contributed by atoms with Crippen LogP contribution in [-0.4, -0.2) is 49.8 Å². The van der Waals surface area contributed by atoms with Crippen LogP contribution < -0.4 is 10.3 Å². The van der Waals surface area contributed by atoms with Crippen molar-refractivity contribution in [3.63, 3.8) is 0 Å². The summed E-state index contributed by atoms with van der Waals surface area (Å²) in [6.07, 6.45) is -2.61. The molecular formula is C43H29Cl2F3N4O7. The quantitative estimate of drug-likeness (QED) is 0.113. The molecule has 16 heteroatoms. The lowest BCUT2D eigenvalue weighted by Crippen LogP contribution is -2.53. The third kappa shape index (κ3) is 5.71. The summed E-state index contributed by atoms with van der Waals surface area (Å²) in [4.78, 5) is 76.1. The van der Waals surface area contributed by atoms with E-state index in [1.54, 1.807) is 54.6 Å². The Hall–Kier alpha value is -6.25. The highest BCUT2D eigenvalue weighted by Crippen LogP contribution is 2.65. The van der Waals surface area contributed by atoms with Gasteiger partial charge >= 0.3 is 12.1 Å². The molecule has 2 aliphatic heterocycles. The molecule has 1 aromatic heterocycles. The highest BCUT2D eigenvalue weighted by atomic mass is 35.5. The lowest BCUT2D eigenvalue weighted by Gasteiger charge is -2.51. The Morgan fingerprint density at radius 1 is 0.881 bits per heavy atom. The van der Waals surface area contributed by atoms with Crippen LogP contribution in [0, 0.1) is 23.7 Å². The molecule has 2 saturated heterocycles. The second-order valence-electron chi connectivity index (χ2n) is 15.0. The van der Waals surface area contributed by atoms with Crippen LogP contribution in [0.15, 0.2) is 109 Å². The fourth-order valence-corrected chi connectivity index (χ4v) is 10.1. The summed E-state index contributed by atoms with van der Waals surface area (Å²) in [7, 11) is 0. The minimum atomic E-state index is -4.79. The van der Waals surface area contributed by atoms with E-state index in [1.165, 1.54) is 30.3 Å². The van der Waals surface area contributed by atoms with Crippen LogP contribution in [0.1, 0.15) is 45.8 Å². The van der Waals surface area contributed by atoms with Gasteiger partial charge in [-0.15, -0.1) is 0 Å². The van der Waals surface area contributed by atoms with Gasteiger partial charge in [-0.2, -0.15) is 18.2 Å². The van der Waals surface area contributed by atoms with E-state index in [4.69, 9.17) is 23.2 Å². The normalized spacial score (nSPS) is 25.2. The van der Waals surface area contributed by atoms with E-state index in [0.29, 0.717) is 44.2 Å². The van der Waals surface area contributed by atoms with Crippen LogP contribution in [0.5, 0.6) is 5.75 Å². The van der Waals surface area contributed by atoms with Crippen molar-refractivity contribution in [2.24, 2.45) is 23.7 Å². The third-order valence-corrected chi connectivity index (χ3v) is 12.7. The summed E-state index contributed by atoms with van der Waals surface area (Å²) in [6.45, 7) is 0. The number of aromatic nitrogens is 1. The van der Waals surface area contributed by atoms with Crippen molar-refractivity contribution >= 4 is 75.1 Å². The Bertz CT molecular complexity index is 2710. The number of anilines is 2. The number of carboxylic acids is 1. The molecule has 3 N–H and O–H groups in total. The second kappa shape index (κ2) is 13.7. The third-order valence-electron chi connectivity index (χ3n) is 12.1. The fourth-order valence-electron chi connectivity index (χ4n) is 9.72. The Morgan fingerprint density at radius 2 is 1.63 bits per heavy atom. The highest BCUT2D eigenvalue weighted by Gasteiger charge is 2.71. The topological polar surface area (TPSA) is 157 Å². The van der Waals surface area contributed by atoms with Crippen LogP contribution in [0.4, 0.5) is 24.7 Å². The van der Waals surface area contributed by atoms with Crippen molar-refractivity contribution in [2.75, 3.05) is 10.3 Å². The van der Waals surface area contributed by atoms with Crippen LogP contribution in [0.25, 0.3) is 10.8 Å². The molecule has 59 heavy (non-hydrogen) atoms. The molecule has 4 aromatic carbocycles. The number of hydrogen-bond donors (Lipinski definition) is 3. The number of fused-ring (bicyclic) bond motifs is 5. The number of pyridine rings is 1. The van der Waals surface area contributed by atoms with E-state index in [-0.39, 0.29) is 35.4 Å². The zero-order valence-corrected chi connectivity index (χ0v) is 31.8. The molecule has 6 unspecified atom stereocenters. The number of amides is 4. The van der Waals surface area contributed by atoms with Crippen LogP contribution in [-0.2, 0) is 30.8 Å². The fraction of sp³-hybridized carbons (Fsp3) is 0.209. The molecule has 1 saturated carbocycles. The predicted octanol–water partition coefficient (Wildman–Crippen LogP) is 8.15. The smallest absolute Gasteiger partial charge is 0.417 e. The number of rotatable bonds is 6. The van der Waals surface area contributed by atoms with Gasteiger partial charge in [0, 0.05) is 22.7 Å². The molecule has 6 atom stereocenters. The van der Waals surface area contributed by atoms with Crippen molar-refractivity contribution in [3.8, 4) is 5.75 Å². The van der Waals surface area contributed by atoms with Crippen LogP contribution in [0.2, 0.25) is 10.0 Å². The first-order valence-corrected chi connectivity index (χ1v) is 19.1. The minimum Gasteiger partial charge on any atom is -0.508 e. The summed E-state index contributed by atoms with van der Waals surface area (Å²) >= 11 is 12.7. The Morgan fingerprint density at radius 3 is 2.34 bits per heavy atom. The average molecular weight is 842 g/mol. The monoisotopic (exact) mass is 840 g/mol. The van der Waals surface area contributed by atoms with E-state index in [9.17, 15) is 37.8 Å². The van der Waals surface area contributed by atoms with E-state index in [1.807, 2.05) is 6.07 Å². The molecule has 4 amide bonds. The number of imide groups is 2. The number of allylic oxidation sites excluding steroid dienone is 2. The SMILES string of the molecule is O=C(O)c1cccc(N2C(=O)C3CC=C4C(CC5C(=O)N(Nc6ncc(C(F)(F)F)cc6Cl)C(=O)C5(c5ccc(Cl)cc5)C4c4c(O)ccc5ccccc45)C3C2=O)c1. The molecular weight excluding hydrogens is 812 g/mol. The molecule has 4 aliphatic rings. The maximum atomic E-state index is 15.5. The predicted molar refractivity (Wildman–Crippen MR) is 208 cm³/mol. The van der Waals surface area contributed by atoms with Gasteiger partial charge in [0.2, 0.25) is 11.8 Å². The van der Waals surface area contributed by atoms with Gasteiger partial charge in [-0.3, -0.25) is 29.5 Å². The first-order valence-electron chi connectivity index (χ1n) is 18.4. The number of halogens is 5. The number of hydrogen-bond acceptors (Lipinski definition) is 8. The molecule has 0 radical (unpaired) electrons. The summed E-state index contributed by atoms with van der Waals surface area (Å²) in [5, 5.41) is 23.3. The number of aromatic hydroxyl groups is 1. The van der Waals surface area contributed by atoms with E-state index >= 15 is 9.59 Å². The largest absolute Gasteiger partial charge is 0.508 e. The zero-order valence-electron chi connectivity index (χ0n) is 30.3. The van der Waals surface area contributed by atoms with Gasteiger partial charge in [0.15, 0.2) is 5.82 Å². The molecule has 11 nitrogen and oxygen atoms in total. The van der Waals surface area contributed by atoms with Crippen molar-refractivity contribution in [2.45, 2.75) is 30.4 Å². The van der Waals surface area contributed by atoms with Gasteiger partial charge in [0.25, 0.3) is 11.8 Å². The van der Waals surface area contributed by atoms with E-state index < -0.39 is 87.2 Å². The molecule has 9 rings (SSSR count). The van der Waals surface area contributed by atoms with Crippen molar-refractivity contribution in [1.29, 1.82) is 0 Å². The number of phenols is 1. The first kappa shape index (κ1) is 38.3. The summed E-state index contributed by atoms with van der Waals surface area (Å²) < 4.78 is 40.7. The number of aromatic carboxylic acids is 1. The van der Waals surface area contributed by atoms with E-state index in [2.05, 4.69) is 10.4 Å². The number of nitrogens with zero attached hydrogens (tertiary/aromatic N) is 3. The Labute approximate surface area is 342 Å². The number of carbonyl (C=O) groups excluding carboxylic acids is 4. The standard InChI is InChI=1S/C43H29Cl2F3N4O7/c44-24-11-9-22(10-12-24)42-30(38(55)52(41(42)59)50-36-31(45)17-23(19-49-36)43(46,47)48)18-29-27(35(42)34-26-7-2-1-4-20(26)8-15-32(34)53)13-14-28-33(29)39(56)51(37(28)54)25-6-3-5-21(16-25)40(57)58/h1-13,15-17,19,28-30,33,35,53H,14,18H2,(H,49,50)(H,57,58). The minimum absolute atomic E-state index is 0.0365. The van der Waals surface area contributed by atoms with Gasteiger partial charge in [-0.1, -0.05) is 83.4 Å². The number of benzene rings is 4. The van der Waals surface area contributed by atoms with Crippen molar-refractivity contribution in [3.05, 3.63) is 141 Å². The maximum Gasteiger partial charge on any atom is 0.417 e. The average Bonchev–Trinajstić information content (AvgIpc) is 3.59. The summed E-state index contributed by atoms with van der Waals surface area (Å²) in [5.41, 5.74) is 0.587. The Balaban J connectivity index is 1.26. The van der Waals surface area contributed by atoms with Crippen molar-refractivity contribution < 1.29 is 47.4 Å². The molecule has 0 bridgehead atoms. The van der Waals surface area contributed by atoms with Gasteiger partial charge in [0.05, 0.1) is 45.0 Å². The van der Waals surface area contributed by atoms with Gasteiger partial charge in [0.1, 0.15) is 5.75 Å². The Kier molecular flexibility index (Phi) is 8.87. The number of nitrogens with one attached hydrogen (secondary N) is 1. The number of phenolic OH excluding ortho intramolecular Hbond substituents is 1. The van der Waals surface area contributed by atoms with Gasteiger partial charge in [-0.25, -0.2) is 9.78 Å². The summed E-state index contributed by atoms with van der Waals surface area (Å²) in [5.74, 6) is -10.1. The maximum absolute atomic E-state index is 15.5. The van der Waals surface area contributed by atoms with Crippen LogP contribution >= 0.6 is 23.2 Å². The number of carboxylic acid groups (broad SMARTS) is 1.